The summed E-state index contributed by atoms with van der Waals surface area (Å²) < 4.78 is 4.45. The van der Waals surface area contributed by atoms with Crippen LogP contribution in [0.3, 0.4) is 0 Å². The first-order chi connectivity index (χ1) is 2.81. The van der Waals surface area contributed by atoms with Gasteiger partial charge in [0, 0.05) is 52.6 Å². The molecule has 0 saturated carbocycles. The van der Waals surface area contributed by atoms with Crippen LogP contribution in [0.5, 0.6) is 0 Å². The van der Waals surface area contributed by atoms with Gasteiger partial charge >= 0.3 is 0 Å². The molecule has 1 atom stereocenters. The SMILES string of the molecule is CCC(O)OC.[Sr]. The first-order valence-corrected chi connectivity index (χ1v) is 2.02. The summed E-state index contributed by atoms with van der Waals surface area (Å²) in [7, 11) is 1.48. The molecule has 0 bridgehead atoms. The molecule has 0 fully saturated rings. The Balaban J connectivity index is 0. The Kier molecular flexibility index (Phi) is 11.9. The van der Waals surface area contributed by atoms with Gasteiger partial charge in [-0.15, -0.1) is 0 Å². The van der Waals surface area contributed by atoms with Crippen molar-refractivity contribution in [3.8, 4) is 0 Å². The minimum Gasteiger partial charge on any atom is -0.368 e. The van der Waals surface area contributed by atoms with E-state index in [0.29, 0.717) is 6.42 Å². The number of aliphatic hydroxyl groups is 1. The van der Waals surface area contributed by atoms with Crippen LogP contribution in [-0.2, 0) is 4.74 Å². The Bertz CT molecular complexity index is 28.9. The Labute approximate surface area is 81.1 Å². The van der Waals surface area contributed by atoms with E-state index in [0.717, 1.165) is 0 Å². The zero-order valence-corrected chi connectivity index (χ0v) is 8.32. The third-order valence-electron chi connectivity index (χ3n) is 0.621. The van der Waals surface area contributed by atoms with Gasteiger partial charge in [0.15, 0.2) is 6.29 Å². The second kappa shape index (κ2) is 7.40. The number of hydrogen-bond acceptors (Lipinski definition) is 2. The van der Waals surface area contributed by atoms with Crippen LogP contribution in [0.25, 0.3) is 0 Å². The first kappa shape index (κ1) is 11.2. The molecule has 2 radical (unpaired) electrons. The van der Waals surface area contributed by atoms with E-state index in [1.165, 1.54) is 7.11 Å². The summed E-state index contributed by atoms with van der Waals surface area (Å²) in [6, 6.07) is 0. The van der Waals surface area contributed by atoms with E-state index >= 15 is 0 Å². The minimum atomic E-state index is -0.565. The fourth-order valence-corrected chi connectivity index (χ4v) is 0.167. The van der Waals surface area contributed by atoms with Crippen LogP contribution in [-0.4, -0.2) is 64.0 Å². The summed E-state index contributed by atoms with van der Waals surface area (Å²) >= 11 is 0. The molecule has 0 aromatic heterocycles. The van der Waals surface area contributed by atoms with Crippen molar-refractivity contribution in [2.75, 3.05) is 7.11 Å². The van der Waals surface area contributed by atoms with Crippen molar-refractivity contribution in [1.82, 2.24) is 0 Å². The Morgan fingerprint density at radius 1 is 1.71 bits per heavy atom. The molecule has 2 nitrogen and oxygen atoms in total. The quantitative estimate of drug-likeness (QED) is 0.475. The first-order valence-electron chi connectivity index (χ1n) is 2.02. The normalized spacial score (nSPS) is 12.4. The van der Waals surface area contributed by atoms with Crippen LogP contribution in [0.15, 0.2) is 0 Å². The molecule has 7 heavy (non-hydrogen) atoms. The number of ether oxygens (including phenoxy) is 1. The predicted octanol–water partition coefficient (Wildman–Crippen LogP) is -0.0196. The molecule has 0 amide bonds. The molecule has 0 rings (SSSR count). The predicted molar refractivity (Wildman–Crippen MR) is 29.1 cm³/mol. The summed E-state index contributed by atoms with van der Waals surface area (Å²) in [6.45, 7) is 1.86. The number of rotatable bonds is 2. The summed E-state index contributed by atoms with van der Waals surface area (Å²) in [5.41, 5.74) is 0. The van der Waals surface area contributed by atoms with Crippen molar-refractivity contribution >= 4 is 45.5 Å². The summed E-state index contributed by atoms with van der Waals surface area (Å²) in [5, 5.41) is 8.44. The van der Waals surface area contributed by atoms with E-state index < -0.39 is 6.29 Å². The Hall–Kier alpha value is 1.40. The topological polar surface area (TPSA) is 29.5 Å². The van der Waals surface area contributed by atoms with Crippen molar-refractivity contribution in [2.24, 2.45) is 0 Å². The molecule has 3 heteroatoms. The van der Waals surface area contributed by atoms with Gasteiger partial charge in [-0.2, -0.15) is 0 Å². The molecule has 40 valence electrons. The van der Waals surface area contributed by atoms with E-state index in [-0.39, 0.29) is 45.5 Å². The molecule has 1 N–H and O–H groups in total. The average Bonchev–Trinajstić information content (AvgIpc) is 1.65. The maximum atomic E-state index is 8.44. The van der Waals surface area contributed by atoms with Crippen molar-refractivity contribution in [3.05, 3.63) is 0 Å². The van der Waals surface area contributed by atoms with Gasteiger partial charge in [-0.1, -0.05) is 6.92 Å². The van der Waals surface area contributed by atoms with Gasteiger partial charge in [-0.05, 0) is 6.42 Å². The van der Waals surface area contributed by atoms with Gasteiger partial charge in [0.1, 0.15) is 0 Å². The summed E-state index contributed by atoms with van der Waals surface area (Å²) in [4.78, 5) is 0. The summed E-state index contributed by atoms with van der Waals surface area (Å²) in [5.74, 6) is 0. The van der Waals surface area contributed by atoms with Crippen LogP contribution in [0.4, 0.5) is 0 Å². The third kappa shape index (κ3) is 7.40. The Morgan fingerprint density at radius 3 is 2.14 bits per heavy atom. The number of aliphatic hydroxyl groups excluding tert-OH is 1. The number of hydrogen-bond donors (Lipinski definition) is 1. The van der Waals surface area contributed by atoms with Crippen molar-refractivity contribution in [3.63, 3.8) is 0 Å². The van der Waals surface area contributed by atoms with Gasteiger partial charge in [-0.25, -0.2) is 0 Å². The third-order valence-corrected chi connectivity index (χ3v) is 0.621. The average molecular weight is 178 g/mol. The van der Waals surface area contributed by atoms with Crippen molar-refractivity contribution < 1.29 is 9.84 Å². The van der Waals surface area contributed by atoms with Gasteiger partial charge < -0.3 is 9.84 Å². The molecule has 0 saturated heterocycles. The van der Waals surface area contributed by atoms with Gasteiger partial charge in [-0.3, -0.25) is 0 Å². The molecule has 0 spiro atoms. The molecule has 0 aliphatic rings. The maximum absolute atomic E-state index is 8.44. The molecular formula is C4H10O2Sr. The number of methoxy groups -OCH3 is 1. The minimum absolute atomic E-state index is 0. The van der Waals surface area contributed by atoms with Crippen molar-refractivity contribution in [1.29, 1.82) is 0 Å². The molecule has 0 aliphatic heterocycles. The molecule has 0 aliphatic carbocycles. The molecule has 1 unspecified atom stereocenters. The largest absolute Gasteiger partial charge is 0.368 e. The monoisotopic (exact) mass is 178 g/mol. The van der Waals surface area contributed by atoms with E-state index in [1.807, 2.05) is 6.92 Å². The van der Waals surface area contributed by atoms with E-state index in [4.69, 9.17) is 5.11 Å². The van der Waals surface area contributed by atoms with E-state index in [9.17, 15) is 0 Å². The zero-order valence-electron chi connectivity index (χ0n) is 4.85. The molecular weight excluding hydrogens is 168 g/mol. The van der Waals surface area contributed by atoms with Gasteiger partial charge in [0.25, 0.3) is 0 Å². The second-order valence-corrected chi connectivity index (χ2v) is 1.10. The Morgan fingerprint density at radius 2 is 2.14 bits per heavy atom. The summed E-state index contributed by atoms with van der Waals surface area (Å²) in [6.07, 6.45) is 0.0984. The van der Waals surface area contributed by atoms with E-state index in [2.05, 4.69) is 4.74 Å². The van der Waals surface area contributed by atoms with Crippen LogP contribution >= 0.6 is 0 Å². The smallest absolute Gasteiger partial charge is 0.153 e. The molecule has 0 heterocycles. The van der Waals surface area contributed by atoms with Crippen LogP contribution < -0.4 is 0 Å². The van der Waals surface area contributed by atoms with Crippen molar-refractivity contribution in [2.45, 2.75) is 19.6 Å². The van der Waals surface area contributed by atoms with Gasteiger partial charge in [0.05, 0.1) is 0 Å². The van der Waals surface area contributed by atoms with Crippen LogP contribution in [0.2, 0.25) is 0 Å². The fourth-order valence-electron chi connectivity index (χ4n) is 0.167. The van der Waals surface area contributed by atoms with Gasteiger partial charge in [0.2, 0.25) is 0 Å². The molecule has 0 aromatic rings. The van der Waals surface area contributed by atoms with Crippen LogP contribution in [0.1, 0.15) is 13.3 Å². The standard InChI is InChI=1S/C4H10O2.Sr/c1-3-4(5)6-2;/h4-5H,3H2,1-2H3;. The maximum Gasteiger partial charge on any atom is 0.153 e. The zero-order chi connectivity index (χ0) is 4.99. The van der Waals surface area contributed by atoms with Crippen LogP contribution in [0, 0.1) is 0 Å². The molecule has 0 aromatic carbocycles. The van der Waals surface area contributed by atoms with E-state index in [1.54, 1.807) is 0 Å². The fraction of sp³-hybridized carbons (Fsp3) is 1.00. The second-order valence-electron chi connectivity index (χ2n) is 1.10.